The lowest BCUT2D eigenvalue weighted by Gasteiger charge is -2.11. The zero-order valence-corrected chi connectivity index (χ0v) is 11.4. The molecule has 0 aliphatic heterocycles. The number of halogens is 1. The van der Waals surface area contributed by atoms with Crippen LogP contribution in [-0.2, 0) is 6.42 Å². The quantitative estimate of drug-likeness (QED) is 0.923. The molecule has 0 radical (unpaired) electrons. The monoisotopic (exact) mass is 264 g/mol. The number of hydrogen-bond acceptors (Lipinski definition) is 3. The molecule has 0 saturated carbocycles. The van der Waals surface area contributed by atoms with Gasteiger partial charge < -0.3 is 10.5 Å². The molecule has 96 valence electrons. The van der Waals surface area contributed by atoms with Gasteiger partial charge in [-0.15, -0.1) is 0 Å². The number of benzene rings is 1. The van der Waals surface area contributed by atoms with Crippen molar-refractivity contribution >= 4 is 22.5 Å². The third-order valence-corrected chi connectivity index (χ3v) is 3.39. The van der Waals surface area contributed by atoms with E-state index in [4.69, 9.17) is 22.1 Å². The van der Waals surface area contributed by atoms with Crippen molar-refractivity contribution in [3.63, 3.8) is 0 Å². The van der Waals surface area contributed by atoms with Crippen LogP contribution in [0.1, 0.15) is 17.7 Å². The molecule has 18 heavy (non-hydrogen) atoms. The first-order valence-electron chi connectivity index (χ1n) is 6.00. The predicted molar refractivity (Wildman–Crippen MR) is 75.4 cm³/mol. The summed E-state index contributed by atoms with van der Waals surface area (Å²) < 4.78 is 5.32. The Morgan fingerprint density at radius 3 is 2.83 bits per heavy atom. The molecule has 2 N–H and O–H groups in total. The molecule has 1 aromatic carbocycles. The Balaban J connectivity index is 2.59. The van der Waals surface area contributed by atoms with E-state index in [0.29, 0.717) is 11.6 Å². The second-order valence-electron chi connectivity index (χ2n) is 4.27. The van der Waals surface area contributed by atoms with Crippen molar-refractivity contribution in [3.05, 3.63) is 34.5 Å². The minimum absolute atomic E-state index is 0.684. The maximum absolute atomic E-state index is 6.22. The third kappa shape index (κ3) is 2.42. The lowest BCUT2D eigenvalue weighted by Crippen LogP contribution is -2.02. The average molecular weight is 265 g/mol. The summed E-state index contributed by atoms with van der Waals surface area (Å²) in [6.45, 7) is 2.69. The van der Waals surface area contributed by atoms with E-state index >= 15 is 0 Å². The highest BCUT2D eigenvalue weighted by atomic mass is 35.5. The number of pyridine rings is 1. The third-order valence-electron chi connectivity index (χ3n) is 3.06. The summed E-state index contributed by atoms with van der Waals surface area (Å²) in [7, 11) is 1.64. The van der Waals surface area contributed by atoms with Gasteiger partial charge in [0.2, 0.25) is 0 Å². The summed E-state index contributed by atoms with van der Waals surface area (Å²) in [5.41, 5.74) is 8.57. The maximum atomic E-state index is 6.22. The Bertz CT molecular complexity index is 569. The largest absolute Gasteiger partial charge is 0.494 e. The van der Waals surface area contributed by atoms with E-state index in [9.17, 15) is 0 Å². The summed E-state index contributed by atoms with van der Waals surface area (Å²) in [5, 5.41) is 1.64. The molecular weight excluding hydrogens is 248 g/mol. The number of nitrogens with zero attached hydrogens (tertiary/aromatic N) is 1. The van der Waals surface area contributed by atoms with Crippen molar-refractivity contribution in [1.82, 2.24) is 4.98 Å². The molecule has 4 heteroatoms. The van der Waals surface area contributed by atoms with Crippen LogP contribution in [0, 0.1) is 6.92 Å². The highest BCUT2D eigenvalue weighted by Gasteiger charge is 2.10. The standard InChI is InChI=1S/C14H17ClN2O/c1-9-10(4-3-7-16)8-11-12(15)5-6-13(18-2)14(11)17-9/h5-6,8H,3-4,7,16H2,1-2H3. The smallest absolute Gasteiger partial charge is 0.145 e. The van der Waals surface area contributed by atoms with Gasteiger partial charge in [0.05, 0.1) is 12.1 Å². The first-order valence-corrected chi connectivity index (χ1v) is 6.38. The number of methoxy groups -OCH3 is 1. The van der Waals surface area contributed by atoms with Crippen molar-refractivity contribution in [3.8, 4) is 5.75 Å². The molecule has 2 rings (SSSR count). The molecule has 0 bridgehead atoms. The lowest BCUT2D eigenvalue weighted by molar-refractivity contribution is 0.419. The average Bonchev–Trinajstić information content (AvgIpc) is 2.37. The first-order chi connectivity index (χ1) is 8.67. The van der Waals surface area contributed by atoms with E-state index in [-0.39, 0.29) is 0 Å². The van der Waals surface area contributed by atoms with Gasteiger partial charge >= 0.3 is 0 Å². The lowest BCUT2D eigenvalue weighted by atomic mass is 10.0. The van der Waals surface area contributed by atoms with Crippen molar-refractivity contribution in [2.75, 3.05) is 13.7 Å². The van der Waals surface area contributed by atoms with Crippen LogP contribution in [0.15, 0.2) is 18.2 Å². The fourth-order valence-corrected chi connectivity index (χ4v) is 2.25. The Morgan fingerprint density at radius 2 is 2.17 bits per heavy atom. The number of ether oxygens (including phenoxy) is 1. The first kappa shape index (κ1) is 13.1. The van der Waals surface area contributed by atoms with E-state index in [1.54, 1.807) is 7.11 Å². The fraction of sp³-hybridized carbons (Fsp3) is 0.357. The molecule has 0 unspecified atom stereocenters. The van der Waals surface area contributed by atoms with Crippen LogP contribution in [0.2, 0.25) is 5.02 Å². The minimum Gasteiger partial charge on any atom is -0.494 e. The van der Waals surface area contributed by atoms with Crippen LogP contribution in [-0.4, -0.2) is 18.6 Å². The van der Waals surface area contributed by atoms with E-state index in [1.807, 2.05) is 19.1 Å². The molecule has 1 aromatic heterocycles. The number of rotatable bonds is 4. The van der Waals surface area contributed by atoms with Gasteiger partial charge in [0.25, 0.3) is 0 Å². The molecule has 0 aliphatic rings. The summed E-state index contributed by atoms with van der Waals surface area (Å²) in [5.74, 6) is 0.753. The van der Waals surface area contributed by atoms with Gasteiger partial charge in [0, 0.05) is 11.1 Å². The predicted octanol–water partition coefficient (Wildman–Crippen LogP) is 3.10. The number of fused-ring (bicyclic) bond motifs is 1. The topological polar surface area (TPSA) is 48.1 Å². The van der Waals surface area contributed by atoms with Gasteiger partial charge in [-0.1, -0.05) is 11.6 Å². The minimum atomic E-state index is 0.684. The summed E-state index contributed by atoms with van der Waals surface area (Å²) in [4.78, 5) is 4.61. The molecule has 1 heterocycles. The SMILES string of the molecule is COc1ccc(Cl)c2cc(CCCN)c(C)nc12. The number of nitrogens with two attached hydrogens (primary N) is 1. The van der Waals surface area contributed by atoms with Crippen LogP contribution < -0.4 is 10.5 Å². The molecule has 0 fully saturated rings. The summed E-state index contributed by atoms with van der Waals surface area (Å²) in [6, 6.07) is 5.78. The van der Waals surface area contributed by atoms with Crippen LogP contribution in [0.4, 0.5) is 0 Å². The number of hydrogen-bond donors (Lipinski definition) is 1. The Morgan fingerprint density at radius 1 is 1.39 bits per heavy atom. The number of aromatic nitrogens is 1. The summed E-state index contributed by atoms with van der Waals surface area (Å²) in [6.07, 6.45) is 1.88. The van der Waals surface area contributed by atoms with Crippen molar-refractivity contribution < 1.29 is 4.74 Å². The molecule has 3 nitrogen and oxygen atoms in total. The van der Waals surface area contributed by atoms with Crippen molar-refractivity contribution in [2.45, 2.75) is 19.8 Å². The second kappa shape index (κ2) is 5.55. The van der Waals surface area contributed by atoms with Gasteiger partial charge in [0.15, 0.2) is 0 Å². The van der Waals surface area contributed by atoms with E-state index < -0.39 is 0 Å². The molecule has 2 aromatic rings. The zero-order chi connectivity index (χ0) is 13.1. The molecule has 0 saturated heterocycles. The van der Waals surface area contributed by atoms with Crippen molar-refractivity contribution in [1.29, 1.82) is 0 Å². The van der Waals surface area contributed by atoms with Crippen LogP contribution in [0.3, 0.4) is 0 Å². The van der Waals surface area contributed by atoms with Crippen LogP contribution in [0.5, 0.6) is 5.75 Å². The highest BCUT2D eigenvalue weighted by Crippen LogP contribution is 2.31. The molecule has 0 spiro atoms. The van der Waals surface area contributed by atoms with Gasteiger partial charge in [-0.3, -0.25) is 0 Å². The Kier molecular flexibility index (Phi) is 4.04. The Labute approximate surface area is 112 Å². The van der Waals surface area contributed by atoms with Crippen molar-refractivity contribution in [2.24, 2.45) is 5.73 Å². The molecular formula is C14H17ClN2O. The highest BCUT2D eigenvalue weighted by molar-refractivity contribution is 6.35. The molecule has 0 amide bonds. The molecule has 0 atom stereocenters. The Hall–Kier alpha value is -1.32. The fourth-order valence-electron chi connectivity index (χ4n) is 2.04. The zero-order valence-electron chi connectivity index (χ0n) is 10.7. The van der Waals surface area contributed by atoms with Gasteiger partial charge in [-0.05, 0) is 50.1 Å². The van der Waals surface area contributed by atoms with E-state index in [0.717, 1.165) is 35.2 Å². The van der Waals surface area contributed by atoms with E-state index in [2.05, 4.69) is 11.1 Å². The van der Waals surface area contributed by atoms with Gasteiger partial charge in [-0.2, -0.15) is 0 Å². The number of aryl methyl sites for hydroxylation is 2. The second-order valence-corrected chi connectivity index (χ2v) is 4.68. The normalized spacial score (nSPS) is 10.9. The van der Waals surface area contributed by atoms with E-state index in [1.165, 1.54) is 5.56 Å². The van der Waals surface area contributed by atoms with Crippen LogP contribution >= 0.6 is 11.6 Å². The maximum Gasteiger partial charge on any atom is 0.145 e. The summed E-state index contributed by atoms with van der Waals surface area (Å²) >= 11 is 6.22. The molecule has 0 aliphatic carbocycles. The van der Waals surface area contributed by atoms with Gasteiger partial charge in [-0.25, -0.2) is 4.98 Å². The van der Waals surface area contributed by atoms with Crippen LogP contribution in [0.25, 0.3) is 10.9 Å². The van der Waals surface area contributed by atoms with Gasteiger partial charge in [0.1, 0.15) is 11.3 Å².